The summed E-state index contributed by atoms with van der Waals surface area (Å²) in [7, 11) is 0. The Morgan fingerprint density at radius 3 is 3.00 bits per heavy atom. The van der Waals surface area contributed by atoms with Gasteiger partial charge >= 0.3 is 0 Å². The molecule has 0 aliphatic heterocycles. The van der Waals surface area contributed by atoms with Gasteiger partial charge in [-0.2, -0.15) is 0 Å². The molecule has 3 heteroatoms. The zero-order valence-electron chi connectivity index (χ0n) is 7.72. The fourth-order valence-corrected chi connectivity index (χ4v) is 2.46. The van der Waals surface area contributed by atoms with Gasteiger partial charge in [0.05, 0.1) is 3.79 Å². The van der Waals surface area contributed by atoms with Crippen LogP contribution in [0.3, 0.4) is 0 Å². The van der Waals surface area contributed by atoms with Crippen LogP contribution in [0.4, 0.5) is 0 Å². The molecule has 0 bridgehead atoms. The predicted octanol–water partition coefficient (Wildman–Crippen LogP) is 3.57. The Morgan fingerprint density at radius 2 is 2.38 bits per heavy atom. The Labute approximate surface area is 92.0 Å². The van der Waals surface area contributed by atoms with E-state index in [0.29, 0.717) is 0 Å². The maximum atomic E-state index is 3.45. The molecule has 0 radical (unpaired) electrons. The smallest absolute Gasteiger partial charge is 0.0701 e. The molecule has 1 heterocycles. The number of hydrogen-bond donors (Lipinski definition) is 1. The summed E-state index contributed by atoms with van der Waals surface area (Å²) in [5, 5.41) is 3.39. The van der Waals surface area contributed by atoms with Crippen molar-refractivity contribution in [3.8, 4) is 0 Å². The molecule has 0 unspecified atom stereocenters. The van der Waals surface area contributed by atoms with E-state index < -0.39 is 0 Å². The van der Waals surface area contributed by atoms with Crippen LogP contribution in [0.2, 0.25) is 0 Å². The van der Waals surface area contributed by atoms with E-state index in [4.69, 9.17) is 0 Å². The summed E-state index contributed by atoms with van der Waals surface area (Å²) in [5.41, 5.74) is 0. The fraction of sp³-hybridized carbons (Fsp3) is 0.400. The quantitative estimate of drug-likeness (QED) is 0.630. The summed E-state index contributed by atoms with van der Waals surface area (Å²) in [6, 6.07) is 4.24. The molecule has 1 N–H and O–H groups in total. The zero-order chi connectivity index (χ0) is 9.52. The van der Waals surface area contributed by atoms with E-state index in [0.717, 1.165) is 19.5 Å². The van der Waals surface area contributed by atoms with Gasteiger partial charge in [0.15, 0.2) is 0 Å². The molecule has 0 atom stereocenters. The van der Waals surface area contributed by atoms with Crippen molar-refractivity contribution in [1.29, 1.82) is 0 Å². The lowest BCUT2D eigenvalue weighted by Gasteiger charge is -1.98. The van der Waals surface area contributed by atoms with E-state index in [1.165, 1.54) is 8.66 Å². The van der Waals surface area contributed by atoms with Crippen molar-refractivity contribution in [3.05, 3.63) is 32.9 Å². The number of hydrogen-bond acceptors (Lipinski definition) is 2. The third-order valence-electron chi connectivity index (χ3n) is 1.65. The number of thiophene rings is 1. The van der Waals surface area contributed by atoms with Crippen LogP contribution in [0.5, 0.6) is 0 Å². The highest BCUT2D eigenvalue weighted by Crippen LogP contribution is 2.21. The molecule has 0 saturated carbocycles. The molecule has 0 amide bonds. The van der Waals surface area contributed by atoms with Crippen molar-refractivity contribution in [2.75, 3.05) is 6.54 Å². The molecular formula is C10H14BrNS. The Balaban J connectivity index is 2.13. The van der Waals surface area contributed by atoms with Gasteiger partial charge in [0, 0.05) is 11.4 Å². The summed E-state index contributed by atoms with van der Waals surface area (Å²) in [6.07, 6.45) is 5.38. The summed E-state index contributed by atoms with van der Waals surface area (Å²) in [4.78, 5) is 1.38. The highest BCUT2D eigenvalue weighted by molar-refractivity contribution is 9.11. The standard InChI is InChI=1S/C10H14BrNS/c1-2-3-4-7-12-8-9-5-6-10(11)13-9/h2-3,5-6,12H,4,7-8H2,1H3/b3-2+. The highest BCUT2D eigenvalue weighted by Gasteiger charge is 1.95. The van der Waals surface area contributed by atoms with E-state index in [-0.39, 0.29) is 0 Å². The van der Waals surface area contributed by atoms with Crippen molar-refractivity contribution >= 4 is 27.3 Å². The zero-order valence-corrected chi connectivity index (χ0v) is 10.1. The summed E-state index contributed by atoms with van der Waals surface area (Å²) in [5.74, 6) is 0. The molecule has 0 saturated heterocycles. The SMILES string of the molecule is C/C=C/CCNCc1ccc(Br)s1. The second-order valence-corrected chi connectivity index (χ2v) is 5.29. The monoisotopic (exact) mass is 259 g/mol. The first kappa shape index (κ1) is 11.0. The van der Waals surface area contributed by atoms with Gasteiger partial charge < -0.3 is 5.32 Å². The van der Waals surface area contributed by atoms with Crippen molar-refractivity contribution < 1.29 is 0 Å². The van der Waals surface area contributed by atoms with E-state index >= 15 is 0 Å². The minimum Gasteiger partial charge on any atom is -0.312 e. The van der Waals surface area contributed by atoms with Crippen LogP contribution < -0.4 is 5.32 Å². The molecule has 13 heavy (non-hydrogen) atoms. The molecule has 72 valence electrons. The minimum atomic E-state index is 0.980. The normalized spacial score (nSPS) is 11.2. The lowest BCUT2D eigenvalue weighted by Crippen LogP contribution is -2.12. The molecule has 0 aromatic carbocycles. The van der Waals surface area contributed by atoms with Gasteiger partial charge in [-0.1, -0.05) is 12.2 Å². The lowest BCUT2D eigenvalue weighted by atomic mass is 10.4. The molecule has 1 rings (SSSR count). The average molecular weight is 260 g/mol. The molecule has 0 aliphatic rings. The van der Waals surface area contributed by atoms with Crippen molar-refractivity contribution in [1.82, 2.24) is 5.32 Å². The van der Waals surface area contributed by atoms with Crippen molar-refractivity contribution in [2.45, 2.75) is 19.9 Å². The Morgan fingerprint density at radius 1 is 1.54 bits per heavy atom. The van der Waals surface area contributed by atoms with Gasteiger partial charge in [0.2, 0.25) is 0 Å². The first-order valence-electron chi connectivity index (χ1n) is 4.39. The Kier molecular flexibility index (Phi) is 5.35. The van der Waals surface area contributed by atoms with Crippen LogP contribution in [0.25, 0.3) is 0 Å². The predicted molar refractivity (Wildman–Crippen MR) is 63.2 cm³/mol. The maximum Gasteiger partial charge on any atom is 0.0701 e. The van der Waals surface area contributed by atoms with Gasteiger partial charge in [-0.15, -0.1) is 11.3 Å². The number of rotatable bonds is 5. The molecule has 0 spiro atoms. The first-order chi connectivity index (χ1) is 6.33. The average Bonchev–Trinajstić information content (AvgIpc) is 2.51. The Bertz CT molecular complexity index is 268. The van der Waals surface area contributed by atoms with Gasteiger partial charge in [-0.3, -0.25) is 0 Å². The highest BCUT2D eigenvalue weighted by atomic mass is 79.9. The van der Waals surface area contributed by atoms with E-state index in [2.05, 4.69) is 52.5 Å². The molecule has 0 aliphatic carbocycles. The van der Waals surface area contributed by atoms with Gasteiger partial charge in [0.1, 0.15) is 0 Å². The lowest BCUT2D eigenvalue weighted by molar-refractivity contribution is 0.702. The number of nitrogens with one attached hydrogen (secondary N) is 1. The van der Waals surface area contributed by atoms with Crippen LogP contribution in [0, 0.1) is 0 Å². The van der Waals surface area contributed by atoms with Crippen LogP contribution in [-0.4, -0.2) is 6.54 Å². The summed E-state index contributed by atoms with van der Waals surface area (Å²) >= 11 is 5.23. The number of allylic oxidation sites excluding steroid dienone is 1. The summed E-state index contributed by atoms with van der Waals surface area (Å²) < 4.78 is 1.21. The van der Waals surface area contributed by atoms with E-state index in [1.54, 1.807) is 11.3 Å². The van der Waals surface area contributed by atoms with Crippen LogP contribution in [0.15, 0.2) is 28.1 Å². The molecular weight excluding hydrogens is 246 g/mol. The molecule has 1 nitrogen and oxygen atoms in total. The van der Waals surface area contributed by atoms with Crippen LogP contribution >= 0.6 is 27.3 Å². The largest absolute Gasteiger partial charge is 0.312 e. The Hall–Kier alpha value is -0.120. The molecule has 1 aromatic heterocycles. The first-order valence-corrected chi connectivity index (χ1v) is 6.00. The summed E-state index contributed by atoms with van der Waals surface area (Å²) in [6.45, 7) is 4.09. The minimum absolute atomic E-state index is 0.980. The second kappa shape index (κ2) is 6.35. The van der Waals surface area contributed by atoms with Crippen LogP contribution in [-0.2, 0) is 6.54 Å². The van der Waals surface area contributed by atoms with Gasteiger partial charge in [0.25, 0.3) is 0 Å². The number of halogens is 1. The molecule has 0 fully saturated rings. The second-order valence-electron chi connectivity index (χ2n) is 2.74. The van der Waals surface area contributed by atoms with E-state index in [1.807, 2.05) is 0 Å². The maximum absolute atomic E-state index is 3.45. The van der Waals surface area contributed by atoms with E-state index in [9.17, 15) is 0 Å². The van der Waals surface area contributed by atoms with Gasteiger partial charge in [-0.05, 0) is 48.0 Å². The molecule has 1 aromatic rings. The van der Waals surface area contributed by atoms with Crippen molar-refractivity contribution in [2.24, 2.45) is 0 Å². The van der Waals surface area contributed by atoms with Gasteiger partial charge in [-0.25, -0.2) is 0 Å². The topological polar surface area (TPSA) is 12.0 Å². The van der Waals surface area contributed by atoms with Crippen LogP contribution in [0.1, 0.15) is 18.2 Å². The fourth-order valence-electron chi connectivity index (χ4n) is 1.01. The third kappa shape index (κ3) is 4.60. The van der Waals surface area contributed by atoms with Crippen molar-refractivity contribution in [3.63, 3.8) is 0 Å². The third-order valence-corrected chi connectivity index (χ3v) is 3.28.